The van der Waals surface area contributed by atoms with E-state index in [0.29, 0.717) is 5.56 Å². The van der Waals surface area contributed by atoms with Gasteiger partial charge in [0.1, 0.15) is 5.38 Å². The summed E-state index contributed by atoms with van der Waals surface area (Å²) in [5.74, 6) is 0. The molecule has 0 fully saturated rings. The van der Waals surface area contributed by atoms with Crippen molar-refractivity contribution >= 4 is 17.3 Å². The van der Waals surface area contributed by atoms with E-state index in [9.17, 15) is 10.1 Å². The van der Waals surface area contributed by atoms with Crippen molar-refractivity contribution in [3.05, 3.63) is 39.9 Å². The standard InChI is InChI=1S/C8H5ClN2O2/c9-8(5-10)6-1-3-7(4-2-6)11(12)13/h1-4,8H/t8-/m0/s1. The molecular formula is C8H5ClN2O2. The third kappa shape index (κ3) is 2.17. The lowest BCUT2D eigenvalue weighted by Gasteiger charge is -1.98. The molecule has 1 aromatic rings. The lowest BCUT2D eigenvalue weighted by Crippen LogP contribution is -1.90. The molecule has 0 heterocycles. The fourth-order valence-electron chi connectivity index (χ4n) is 0.840. The van der Waals surface area contributed by atoms with Crippen LogP contribution in [0.2, 0.25) is 0 Å². The van der Waals surface area contributed by atoms with Crippen molar-refractivity contribution in [1.29, 1.82) is 5.26 Å². The first-order valence-electron chi connectivity index (χ1n) is 3.43. The third-order valence-electron chi connectivity index (χ3n) is 1.51. The molecule has 1 aromatic carbocycles. The SMILES string of the molecule is N#C[C@H](Cl)c1ccc([N+](=O)[O-])cc1. The van der Waals surface area contributed by atoms with Gasteiger partial charge in [-0.3, -0.25) is 10.1 Å². The van der Waals surface area contributed by atoms with Crippen LogP contribution in [0.25, 0.3) is 0 Å². The molecule has 0 aliphatic carbocycles. The minimum absolute atomic E-state index is 0.00874. The highest BCUT2D eigenvalue weighted by atomic mass is 35.5. The average Bonchev–Trinajstić information content (AvgIpc) is 2.17. The number of halogens is 1. The van der Waals surface area contributed by atoms with Gasteiger partial charge in [-0.1, -0.05) is 0 Å². The van der Waals surface area contributed by atoms with Crippen molar-refractivity contribution in [3.8, 4) is 6.07 Å². The van der Waals surface area contributed by atoms with Crippen molar-refractivity contribution < 1.29 is 4.92 Å². The first-order valence-corrected chi connectivity index (χ1v) is 3.87. The summed E-state index contributed by atoms with van der Waals surface area (Å²) in [6, 6.07) is 7.41. The quantitative estimate of drug-likeness (QED) is 0.414. The average molecular weight is 197 g/mol. The van der Waals surface area contributed by atoms with E-state index in [2.05, 4.69) is 0 Å². The summed E-state index contributed by atoms with van der Waals surface area (Å²) in [7, 11) is 0. The smallest absolute Gasteiger partial charge is 0.258 e. The Labute approximate surface area is 79.5 Å². The van der Waals surface area contributed by atoms with Crippen LogP contribution in [0, 0.1) is 21.4 Å². The van der Waals surface area contributed by atoms with Crippen molar-refractivity contribution in [3.63, 3.8) is 0 Å². The Balaban J connectivity index is 2.95. The minimum atomic E-state index is -0.749. The molecule has 5 heteroatoms. The zero-order valence-corrected chi connectivity index (χ0v) is 7.23. The monoisotopic (exact) mass is 196 g/mol. The highest BCUT2D eigenvalue weighted by molar-refractivity contribution is 6.22. The molecule has 1 atom stereocenters. The van der Waals surface area contributed by atoms with Gasteiger partial charge in [0.15, 0.2) is 0 Å². The third-order valence-corrected chi connectivity index (χ3v) is 1.86. The van der Waals surface area contributed by atoms with Gasteiger partial charge in [0, 0.05) is 12.1 Å². The lowest BCUT2D eigenvalue weighted by molar-refractivity contribution is -0.384. The predicted molar refractivity (Wildman–Crippen MR) is 47.3 cm³/mol. The Bertz CT molecular complexity index is 355. The molecule has 0 unspecified atom stereocenters. The van der Waals surface area contributed by atoms with Gasteiger partial charge in [0.2, 0.25) is 0 Å². The number of non-ortho nitro benzene ring substituents is 1. The number of alkyl halides is 1. The van der Waals surface area contributed by atoms with Crippen LogP contribution in [0.1, 0.15) is 10.9 Å². The van der Waals surface area contributed by atoms with E-state index in [4.69, 9.17) is 16.9 Å². The molecule has 0 N–H and O–H groups in total. The van der Waals surface area contributed by atoms with E-state index >= 15 is 0 Å². The van der Waals surface area contributed by atoms with Crippen LogP contribution in [0.5, 0.6) is 0 Å². The highest BCUT2D eigenvalue weighted by Gasteiger charge is 2.08. The zero-order chi connectivity index (χ0) is 9.84. The number of nitro benzene ring substituents is 1. The van der Waals surface area contributed by atoms with E-state index in [-0.39, 0.29) is 5.69 Å². The van der Waals surface area contributed by atoms with Gasteiger partial charge < -0.3 is 0 Å². The molecule has 13 heavy (non-hydrogen) atoms. The fraction of sp³-hybridized carbons (Fsp3) is 0.125. The van der Waals surface area contributed by atoms with E-state index in [1.54, 1.807) is 0 Å². The second kappa shape index (κ2) is 3.87. The molecule has 0 radical (unpaired) electrons. The van der Waals surface area contributed by atoms with E-state index in [1.165, 1.54) is 24.3 Å². The fourth-order valence-corrected chi connectivity index (χ4v) is 0.985. The molecule has 66 valence electrons. The molecule has 1 rings (SSSR count). The Kier molecular flexibility index (Phi) is 2.83. The molecule has 0 bridgehead atoms. The van der Waals surface area contributed by atoms with Gasteiger partial charge in [-0.2, -0.15) is 5.26 Å². The molecule has 0 saturated carbocycles. The normalized spacial score (nSPS) is 11.7. The molecule has 0 aliphatic heterocycles. The van der Waals surface area contributed by atoms with E-state index < -0.39 is 10.3 Å². The molecule has 0 aromatic heterocycles. The number of rotatable bonds is 2. The van der Waals surface area contributed by atoms with Crippen molar-refractivity contribution in [2.24, 2.45) is 0 Å². The number of nitriles is 1. The Morgan fingerprint density at radius 3 is 2.38 bits per heavy atom. The summed E-state index contributed by atoms with van der Waals surface area (Å²) in [4.78, 5) is 9.76. The minimum Gasteiger partial charge on any atom is -0.258 e. The Morgan fingerprint density at radius 2 is 2.00 bits per heavy atom. The first-order chi connectivity index (χ1) is 6.15. The summed E-state index contributed by atoms with van der Waals surface area (Å²) in [6.45, 7) is 0. The maximum absolute atomic E-state index is 10.3. The number of hydrogen-bond donors (Lipinski definition) is 0. The van der Waals surface area contributed by atoms with Crippen molar-refractivity contribution in [2.45, 2.75) is 5.38 Å². The van der Waals surface area contributed by atoms with Crippen molar-refractivity contribution in [1.82, 2.24) is 0 Å². The summed E-state index contributed by atoms with van der Waals surface area (Å²) in [5, 5.41) is 18.0. The first kappa shape index (κ1) is 9.49. The summed E-state index contributed by atoms with van der Waals surface area (Å²) < 4.78 is 0. The molecule has 0 aliphatic rings. The number of nitro groups is 1. The van der Waals surface area contributed by atoms with Gasteiger partial charge >= 0.3 is 0 Å². The lowest BCUT2D eigenvalue weighted by atomic mass is 10.1. The largest absolute Gasteiger partial charge is 0.269 e. The topological polar surface area (TPSA) is 66.9 Å². The summed E-state index contributed by atoms with van der Waals surface area (Å²) >= 11 is 5.59. The number of benzene rings is 1. The van der Waals surface area contributed by atoms with Gasteiger partial charge in [0.25, 0.3) is 5.69 Å². The summed E-state index contributed by atoms with van der Waals surface area (Å²) in [5.41, 5.74) is 0.556. The van der Waals surface area contributed by atoms with Crippen LogP contribution in [-0.4, -0.2) is 4.92 Å². The maximum atomic E-state index is 10.3. The number of nitrogens with zero attached hydrogens (tertiary/aromatic N) is 2. The molecule has 0 amide bonds. The van der Waals surface area contributed by atoms with E-state index in [0.717, 1.165) is 0 Å². The second-order valence-electron chi connectivity index (χ2n) is 2.34. The van der Waals surface area contributed by atoms with Crippen LogP contribution >= 0.6 is 11.6 Å². The molecule has 4 nitrogen and oxygen atoms in total. The van der Waals surface area contributed by atoms with Crippen molar-refractivity contribution in [2.75, 3.05) is 0 Å². The maximum Gasteiger partial charge on any atom is 0.269 e. The second-order valence-corrected chi connectivity index (χ2v) is 2.78. The van der Waals surface area contributed by atoms with Crippen LogP contribution in [0.15, 0.2) is 24.3 Å². The molecular weight excluding hydrogens is 192 g/mol. The Hall–Kier alpha value is -1.60. The van der Waals surface area contributed by atoms with Crippen LogP contribution in [0.4, 0.5) is 5.69 Å². The molecule has 0 spiro atoms. The van der Waals surface area contributed by atoms with Gasteiger partial charge in [-0.15, -0.1) is 11.6 Å². The Morgan fingerprint density at radius 1 is 1.46 bits per heavy atom. The number of hydrogen-bond acceptors (Lipinski definition) is 3. The van der Waals surface area contributed by atoms with Crippen LogP contribution < -0.4 is 0 Å². The highest BCUT2D eigenvalue weighted by Crippen LogP contribution is 2.21. The van der Waals surface area contributed by atoms with Gasteiger partial charge in [-0.05, 0) is 17.7 Å². The zero-order valence-electron chi connectivity index (χ0n) is 6.48. The molecule has 0 saturated heterocycles. The van der Waals surface area contributed by atoms with Crippen LogP contribution in [-0.2, 0) is 0 Å². The predicted octanol–water partition coefficient (Wildman–Crippen LogP) is 2.40. The van der Waals surface area contributed by atoms with E-state index in [1.807, 2.05) is 6.07 Å². The van der Waals surface area contributed by atoms with Gasteiger partial charge in [-0.25, -0.2) is 0 Å². The summed E-state index contributed by atoms with van der Waals surface area (Å²) in [6.07, 6.45) is 0. The van der Waals surface area contributed by atoms with Gasteiger partial charge in [0.05, 0.1) is 11.0 Å². The van der Waals surface area contributed by atoms with Crippen LogP contribution in [0.3, 0.4) is 0 Å².